The zero-order valence-corrected chi connectivity index (χ0v) is 13.1. The summed E-state index contributed by atoms with van der Waals surface area (Å²) < 4.78 is 10.2. The largest absolute Gasteiger partial charge is 0.461 e. The molecule has 0 amide bonds. The van der Waals surface area contributed by atoms with Gasteiger partial charge in [-0.3, -0.25) is 0 Å². The molecule has 0 aliphatic rings. The summed E-state index contributed by atoms with van der Waals surface area (Å²) >= 11 is 0. The van der Waals surface area contributed by atoms with Crippen LogP contribution in [0.3, 0.4) is 0 Å². The number of nitriles is 1. The van der Waals surface area contributed by atoms with E-state index in [9.17, 15) is 9.59 Å². The Labute approximate surface area is 133 Å². The first kappa shape index (κ1) is 16.3. The van der Waals surface area contributed by atoms with Crippen molar-refractivity contribution in [3.8, 4) is 11.8 Å². The molecule has 118 valence electrons. The van der Waals surface area contributed by atoms with Gasteiger partial charge in [-0.05, 0) is 50.6 Å². The Balaban J connectivity index is 2.25. The SMILES string of the molecule is CCOC(=O)c1[nH]c(C)c(C(=O)Oc2ccc(C#N)cc2)c1C. The van der Waals surface area contributed by atoms with Crippen molar-refractivity contribution in [2.24, 2.45) is 0 Å². The van der Waals surface area contributed by atoms with Crippen LogP contribution in [-0.2, 0) is 4.74 Å². The summed E-state index contributed by atoms with van der Waals surface area (Å²) in [7, 11) is 0. The Morgan fingerprint density at radius 2 is 1.83 bits per heavy atom. The van der Waals surface area contributed by atoms with Gasteiger partial charge >= 0.3 is 11.9 Å². The number of aryl methyl sites for hydroxylation is 1. The predicted octanol–water partition coefficient (Wildman–Crippen LogP) is 2.90. The van der Waals surface area contributed by atoms with E-state index in [0.29, 0.717) is 28.1 Å². The second-order valence-electron chi connectivity index (χ2n) is 4.87. The summed E-state index contributed by atoms with van der Waals surface area (Å²) in [5, 5.41) is 8.75. The number of rotatable bonds is 4. The Morgan fingerprint density at radius 1 is 1.17 bits per heavy atom. The molecule has 0 bridgehead atoms. The fourth-order valence-corrected chi connectivity index (χ4v) is 2.22. The molecular formula is C17H16N2O4. The molecule has 0 radical (unpaired) electrons. The molecule has 1 N–H and O–H groups in total. The van der Waals surface area contributed by atoms with Crippen molar-refractivity contribution in [2.45, 2.75) is 20.8 Å². The van der Waals surface area contributed by atoms with E-state index in [2.05, 4.69) is 4.98 Å². The fraction of sp³-hybridized carbons (Fsp3) is 0.235. The zero-order valence-electron chi connectivity index (χ0n) is 13.1. The number of ether oxygens (including phenoxy) is 2. The average molecular weight is 312 g/mol. The van der Waals surface area contributed by atoms with E-state index >= 15 is 0 Å². The van der Waals surface area contributed by atoms with Crippen LogP contribution >= 0.6 is 0 Å². The summed E-state index contributed by atoms with van der Waals surface area (Å²) in [6.07, 6.45) is 0. The average Bonchev–Trinajstić information content (AvgIpc) is 2.83. The summed E-state index contributed by atoms with van der Waals surface area (Å²) in [4.78, 5) is 27.1. The van der Waals surface area contributed by atoms with Crippen molar-refractivity contribution in [1.29, 1.82) is 5.26 Å². The standard InChI is InChI=1S/C17H16N2O4/c1-4-22-17(21)15-10(2)14(11(3)19-15)16(20)23-13-7-5-12(9-18)6-8-13/h5-8,19H,4H2,1-3H3. The molecule has 0 spiro atoms. The maximum atomic E-state index is 12.3. The number of hydrogen-bond donors (Lipinski definition) is 1. The minimum atomic E-state index is -0.573. The number of carbonyl (C=O) groups is 2. The highest BCUT2D eigenvalue weighted by molar-refractivity contribution is 5.99. The number of hydrogen-bond acceptors (Lipinski definition) is 5. The lowest BCUT2D eigenvalue weighted by Crippen LogP contribution is -2.11. The molecule has 6 nitrogen and oxygen atoms in total. The highest BCUT2D eigenvalue weighted by Gasteiger charge is 2.24. The highest BCUT2D eigenvalue weighted by atomic mass is 16.5. The van der Waals surface area contributed by atoms with Crippen molar-refractivity contribution >= 4 is 11.9 Å². The van der Waals surface area contributed by atoms with Crippen LogP contribution < -0.4 is 4.74 Å². The molecule has 1 aromatic heterocycles. The smallest absolute Gasteiger partial charge is 0.355 e. The van der Waals surface area contributed by atoms with Gasteiger partial charge in [0.2, 0.25) is 0 Å². The molecule has 0 aliphatic carbocycles. The van der Waals surface area contributed by atoms with Crippen molar-refractivity contribution in [2.75, 3.05) is 6.61 Å². The first-order valence-electron chi connectivity index (χ1n) is 7.06. The summed E-state index contributed by atoms with van der Waals surface area (Å²) in [5.74, 6) is -0.756. The number of nitrogens with zero attached hydrogens (tertiary/aromatic N) is 1. The number of benzene rings is 1. The van der Waals surface area contributed by atoms with Crippen molar-refractivity contribution < 1.29 is 19.1 Å². The number of H-pyrrole nitrogens is 1. The minimum Gasteiger partial charge on any atom is -0.461 e. The molecule has 0 unspecified atom stereocenters. The van der Waals surface area contributed by atoms with Crippen molar-refractivity contribution in [1.82, 2.24) is 4.98 Å². The molecule has 0 saturated heterocycles. The van der Waals surface area contributed by atoms with E-state index in [1.165, 1.54) is 0 Å². The van der Waals surface area contributed by atoms with Crippen LogP contribution in [-0.4, -0.2) is 23.5 Å². The third kappa shape index (κ3) is 3.40. The highest BCUT2D eigenvalue weighted by Crippen LogP contribution is 2.21. The summed E-state index contributed by atoms with van der Waals surface area (Å²) in [6.45, 7) is 5.31. The molecule has 0 aliphatic heterocycles. The van der Waals surface area contributed by atoms with Gasteiger partial charge in [0, 0.05) is 5.69 Å². The molecule has 2 rings (SSSR count). The van der Waals surface area contributed by atoms with Crippen molar-refractivity contribution in [3.05, 3.63) is 52.3 Å². The molecule has 1 aromatic carbocycles. The third-order valence-electron chi connectivity index (χ3n) is 3.32. The molecule has 23 heavy (non-hydrogen) atoms. The number of carbonyl (C=O) groups excluding carboxylic acids is 2. The molecule has 0 atom stereocenters. The zero-order chi connectivity index (χ0) is 17.0. The number of aromatic amines is 1. The monoisotopic (exact) mass is 312 g/mol. The minimum absolute atomic E-state index is 0.246. The maximum absolute atomic E-state index is 12.3. The van der Waals surface area contributed by atoms with Crippen LogP contribution in [0.4, 0.5) is 0 Å². The topological polar surface area (TPSA) is 92.2 Å². The van der Waals surface area contributed by atoms with Crippen LogP contribution in [0.15, 0.2) is 24.3 Å². The normalized spacial score (nSPS) is 10.0. The molecular weight excluding hydrogens is 296 g/mol. The Morgan fingerprint density at radius 3 is 2.39 bits per heavy atom. The van der Waals surface area contributed by atoms with E-state index in [4.69, 9.17) is 14.7 Å². The lowest BCUT2D eigenvalue weighted by molar-refractivity contribution is 0.0519. The van der Waals surface area contributed by atoms with E-state index in [1.807, 2.05) is 6.07 Å². The van der Waals surface area contributed by atoms with Gasteiger partial charge in [0.15, 0.2) is 0 Å². The number of aromatic nitrogens is 1. The molecule has 0 saturated carbocycles. The van der Waals surface area contributed by atoms with Crippen LogP contribution in [0, 0.1) is 25.2 Å². The van der Waals surface area contributed by atoms with Gasteiger partial charge in [0.1, 0.15) is 11.4 Å². The number of nitrogens with one attached hydrogen (secondary N) is 1. The van der Waals surface area contributed by atoms with Gasteiger partial charge in [-0.2, -0.15) is 5.26 Å². The van der Waals surface area contributed by atoms with Crippen molar-refractivity contribution in [3.63, 3.8) is 0 Å². The first-order chi connectivity index (χ1) is 11.0. The van der Waals surface area contributed by atoms with Gasteiger partial charge in [0.05, 0.1) is 23.8 Å². The molecule has 1 heterocycles. The second kappa shape index (κ2) is 6.79. The Hall–Kier alpha value is -3.07. The van der Waals surface area contributed by atoms with E-state index in [1.54, 1.807) is 45.0 Å². The van der Waals surface area contributed by atoms with Crippen LogP contribution in [0.5, 0.6) is 5.75 Å². The van der Waals surface area contributed by atoms with Crippen LogP contribution in [0.1, 0.15) is 44.6 Å². The Kier molecular flexibility index (Phi) is 4.82. The van der Waals surface area contributed by atoms with Crippen LogP contribution in [0.25, 0.3) is 0 Å². The van der Waals surface area contributed by atoms with E-state index in [0.717, 1.165) is 0 Å². The summed E-state index contributed by atoms with van der Waals surface area (Å²) in [6, 6.07) is 8.19. The first-order valence-corrected chi connectivity index (χ1v) is 7.06. The van der Waals surface area contributed by atoms with Gasteiger partial charge in [0.25, 0.3) is 0 Å². The molecule has 2 aromatic rings. The third-order valence-corrected chi connectivity index (χ3v) is 3.32. The lowest BCUT2D eigenvalue weighted by Gasteiger charge is -2.05. The number of esters is 2. The second-order valence-corrected chi connectivity index (χ2v) is 4.87. The maximum Gasteiger partial charge on any atom is 0.355 e. The van der Waals surface area contributed by atoms with Crippen LogP contribution in [0.2, 0.25) is 0 Å². The quantitative estimate of drug-likeness (QED) is 0.692. The van der Waals surface area contributed by atoms with Gasteiger partial charge in [-0.25, -0.2) is 9.59 Å². The molecule has 0 fully saturated rings. The fourth-order valence-electron chi connectivity index (χ4n) is 2.22. The summed E-state index contributed by atoms with van der Waals surface area (Å²) in [5.41, 5.74) is 2.04. The van der Waals surface area contributed by atoms with Gasteiger partial charge < -0.3 is 14.5 Å². The lowest BCUT2D eigenvalue weighted by atomic mass is 10.1. The van der Waals surface area contributed by atoms with E-state index in [-0.39, 0.29) is 12.3 Å². The van der Waals surface area contributed by atoms with E-state index < -0.39 is 11.9 Å². The molecule has 6 heteroatoms. The van der Waals surface area contributed by atoms with Gasteiger partial charge in [-0.1, -0.05) is 0 Å². The predicted molar refractivity (Wildman–Crippen MR) is 82.3 cm³/mol. The van der Waals surface area contributed by atoms with Gasteiger partial charge in [-0.15, -0.1) is 0 Å². The Bertz CT molecular complexity index is 782.